The highest BCUT2D eigenvalue weighted by atomic mass is 19.1. The van der Waals surface area contributed by atoms with E-state index in [4.69, 9.17) is 0 Å². The predicted molar refractivity (Wildman–Crippen MR) is 91.9 cm³/mol. The Hall–Kier alpha value is -3.22. The monoisotopic (exact) mass is 340 g/mol. The first kappa shape index (κ1) is 16.6. The van der Waals surface area contributed by atoms with E-state index in [2.05, 4.69) is 15.6 Å². The minimum atomic E-state index is -0.408. The van der Waals surface area contributed by atoms with Crippen LogP contribution in [0.15, 0.2) is 48.9 Å². The number of aryl methyl sites for hydroxylation is 1. The van der Waals surface area contributed by atoms with Gasteiger partial charge in [-0.1, -0.05) is 0 Å². The Morgan fingerprint density at radius 2 is 2.08 bits per heavy atom. The normalized spacial score (nSPS) is 10.6. The lowest BCUT2D eigenvalue weighted by Crippen LogP contribution is -2.18. The van der Waals surface area contributed by atoms with Gasteiger partial charge >= 0.3 is 0 Å². The summed E-state index contributed by atoms with van der Waals surface area (Å²) in [6.07, 6.45) is 3.83. The van der Waals surface area contributed by atoms with Crippen LogP contribution in [0.4, 0.5) is 10.1 Å². The Labute approximate surface area is 143 Å². The average Bonchev–Trinajstić information content (AvgIpc) is 3.09. The largest absolute Gasteiger partial charge is 0.359 e. The van der Waals surface area contributed by atoms with Crippen LogP contribution in [0.3, 0.4) is 0 Å². The van der Waals surface area contributed by atoms with Crippen molar-refractivity contribution in [3.63, 3.8) is 0 Å². The molecule has 0 aliphatic heterocycles. The summed E-state index contributed by atoms with van der Waals surface area (Å²) in [5.41, 5.74) is 1.94. The third-order valence-corrected chi connectivity index (χ3v) is 3.85. The first-order valence-electron chi connectivity index (χ1n) is 7.80. The molecule has 2 heterocycles. The molecule has 0 bridgehead atoms. The molecule has 0 spiro atoms. The summed E-state index contributed by atoms with van der Waals surface area (Å²) < 4.78 is 15.7. The molecule has 128 valence electrons. The zero-order valence-electron chi connectivity index (χ0n) is 13.6. The maximum atomic E-state index is 13.9. The lowest BCUT2D eigenvalue weighted by atomic mass is 10.1. The van der Waals surface area contributed by atoms with Gasteiger partial charge < -0.3 is 15.0 Å². The van der Waals surface area contributed by atoms with Crippen LogP contribution >= 0.6 is 0 Å². The highest BCUT2D eigenvalue weighted by Crippen LogP contribution is 2.17. The van der Waals surface area contributed by atoms with Crippen molar-refractivity contribution in [2.45, 2.75) is 12.8 Å². The molecule has 25 heavy (non-hydrogen) atoms. The molecule has 0 fully saturated rings. The molecule has 2 amide bonds. The first-order valence-corrected chi connectivity index (χ1v) is 7.80. The molecule has 3 rings (SSSR count). The number of fused-ring (bicyclic) bond motifs is 1. The van der Waals surface area contributed by atoms with Gasteiger partial charge in [0.2, 0.25) is 5.91 Å². The molecule has 0 radical (unpaired) electrons. The fraction of sp³-hybridized carbons (Fsp3) is 0.167. The van der Waals surface area contributed by atoms with E-state index >= 15 is 0 Å². The minimum absolute atomic E-state index is 0.168. The molecule has 0 saturated carbocycles. The van der Waals surface area contributed by atoms with Crippen LogP contribution in [-0.2, 0) is 11.2 Å². The summed E-state index contributed by atoms with van der Waals surface area (Å²) in [6.45, 7) is 0. The van der Waals surface area contributed by atoms with E-state index < -0.39 is 5.82 Å². The number of nitrogens with one attached hydrogen (secondary N) is 2. The van der Waals surface area contributed by atoms with Gasteiger partial charge in [0.25, 0.3) is 5.91 Å². The Morgan fingerprint density at radius 1 is 1.24 bits per heavy atom. The molecule has 2 aromatic heterocycles. The first-order chi connectivity index (χ1) is 12.1. The van der Waals surface area contributed by atoms with Gasteiger partial charge in [0.1, 0.15) is 11.5 Å². The van der Waals surface area contributed by atoms with Crippen LogP contribution in [-0.4, -0.2) is 28.2 Å². The molecule has 0 saturated heterocycles. The number of carbonyl (C=O) groups excluding carboxylic acids is 2. The second-order valence-corrected chi connectivity index (χ2v) is 5.55. The van der Waals surface area contributed by atoms with Crippen molar-refractivity contribution < 1.29 is 14.0 Å². The Morgan fingerprint density at radius 3 is 2.88 bits per heavy atom. The van der Waals surface area contributed by atoms with Gasteiger partial charge in [-0.15, -0.1) is 0 Å². The highest BCUT2D eigenvalue weighted by Gasteiger charge is 2.11. The topological polar surface area (TPSA) is 75.5 Å². The minimum Gasteiger partial charge on any atom is -0.359 e. The molecule has 0 unspecified atom stereocenters. The number of rotatable bonds is 5. The number of anilines is 1. The number of aromatic nitrogens is 2. The lowest BCUT2D eigenvalue weighted by Gasteiger charge is -2.09. The van der Waals surface area contributed by atoms with Gasteiger partial charge in [0, 0.05) is 30.9 Å². The quantitative estimate of drug-likeness (QED) is 0.749. The van der Waals surface area contributed by atoms with E-state index in [0.717, 1.165) is 5.52 Å². The van der Waals surface area contributed by atoms with Crippen LogP contribution in [0.1, 0.15) is 22.5 Å². The number of halogens is 1. The Balaban J connectivity index is 1.75. The van der Waals surface area contributed by atoms with E-state index in [9.17, 15) is 14.0 Å². The SMILES string of the molecule is CNC(=O)CCc1cc(NC(=O)c2cc3cccn3cn2)ccc1F. The van der Waals surface area contributed by atoms with Crippen molar-refractivity contribution in [2.75, 3.05) is 12.4 Å². The van der Waals surface area contributed by atoms with Gasteiger partial charge in [-0.05, 0) is 48.4 Å². The maximum Gasteiger partial charge on any atom is 0.274 e. The van der Waals surface area contributed by atoms with E-state index in [0.29, 0.717) is 11.3 Å². The molecule has 7 heteroatoms. The van der Waals surface area contributed by atoms with Crippen LogP contribution < -0.4 is 10.6 Å². The Kier molecular flexibility index (Phi) is 4.74. The second kappa shape index (κ2) is 7.12. The van der Waals surface area contributed by atoms with Gasteiger partial charge in [-0.25, -0.2) is 9.37 Å². The molecular formula is C18H17FN4O2. The van der Waals surface area contributed by atoms with Crippen molar-refractivity contribution in [1.29, 1.82) is 0 Å². The summed E-state index contributed by atoms with van der Waals surface area (Å²) in [6, 6.07) is 9.69. The molecule has 1 aromatic carbocycles. The van der Waals surface area contributed by atoms with Crippen molar-refractivity contribution in [3.8, 4) is 0 Å². The van der Waals surface area contributed by atoms with Crippen LogP contribution in [0.25, 0.3) is 5.52 Å². The summed E-state index contributed by atoms with van der Waals surface area (Å²) in [7, 11) is 1.53. The fourth-order valence-corrected chi connectivity index (χ4v) is 2.47. The third kappa shape index (κ3) is 3.82. The molecule has 0 aliphatic carbocycles. The van der Waals surface area contributed by atoms with Gasteiger partial charge in [0.05, 0.1) is 6.33 Å². The number of carbonyl (C=O) groups is 2. The highest BCUT2D eigenvalue weighted by molar-refractivity contribution is 6.03. The Bertz CT molecular complexity index is 936. The maximum absolute atomic E-state index is 13.9. The smallest absolute Gasteiger partial charge is 0.274 e. The number of amides is 2. The molecule has 3 aromatic rings. The van der Waals surface area contributed by atoms with E-state index in [1.54, 1.807) is 16.8 Å². The number of benzene rings is 1. The molecular weight excluding hydrogens is 323 g/mol. The second-order valence-electron chi connectivity index (χ2n) is 5.55. The van der Waals surface area contributed by atoms with E-state index in [-0.39, 0.29) is 30.3 Å². The zero-order chi connectivity index (χ0) is 17.8. The predicted octanol–water partition coefficient (Wildman–Crippen LogP) is 2.40. The summed E-state index contributed by atoms with van der Waals surface area (Å²) in [4.78, 5) is 27.8. The standard InChI is InChI=1S/C18H17FN4O2/c1-20-17(24)7-4-12-9-13(5-6-15(12)19)22-18(25)16-10-14-3-2-8-23(14)11-21-16/h2-3,5-6,8-11H,4,7H2,1H3,(H,20,24)(H,22,25). The molecule has 0 aliphatic rings. The molecule has 6 nitrogen and oxygen atoms in total. The van der Waals surface area contributed by atoms with Crippen molar-refractivity contribution in [1.82, 2.24) is 14.7 Å². The van der Waals surface area contributed by atoms with Crippen LogP contribution in [0.5, 0.6) is 0 Å². The van der Waals surface area contributed by atoms with Gasteiger partial charge in [0.15, 0.2) is 0 Å². The summed E-state index contributed by atoms with van der Waals surface area (Å²) >= 11 is 0. The third-order valence-electron chi connectivity index (χ3n) is 3.85. The number of hydrogen-bond donors (Lipinski definition) is 2. The summed E-state index contributed by atoms with van der Waals surface area (Å²) in [5.74, 6) is -0.958. The fourth-order valence-electron chi connectivity index (χ4n) is 2.47. The number of hydrogen-bond acceptors (Lipinski definition) is 3. The number of nitrogens with zero attached hydrogens (tertiary/aromatic N) is 2. The van der Waals surface area contributed by atoms with Crippen molar-refractivity contribution in [2.24, 2.45) is 0 Å². The van der Waals surface area contributed by atoms with Gasteiger partial charge in [-0.2, -0.15) is 0 Å². The van der Waals surface area contributed by atoms with Crippen molar-refractivity contribution in [3.05, 3.63) is 66.0 Å². The summed E-state index contributed by atoms with van der Waals surface area (Å²) in [5, 5.41) is 5.20. The van der Waals surface area contributed by atoms with Crippen molar-refractivity contribution >= 4 is 23.0 Å². The van der Waals surface area contributed by atoms with Crippen LogP contribution in [0, 0.1) is 5.82 Å². The molecule has 2 N–H and O–H groups in total. The zero-order valence-corrected chi connectivity index (χ0v) is 13.6. The lowest BCUT2D eigenvalue weighted by molar-refractivity contribution is -0.120. The van der Waals surface area contributed by atoms with Gasteiger partial charge in [-0.3, -0.25) is 9.59 Å². The average molecular weight is 340 g/mol. The van der Waals surface area contributed by atoms with E-state index in [1.807, 2.05) is 18.3 Å². The van der Waals surface area contributed by atoms with E-state index in [1.165, 1.54) is 25.2 Å². The molecule has 0 atom stereocenters. The van der Waals surface area contributed by atoms with Crippen LogP contribution in [0.2, 0.25) is 0 Å².